The Morgan fingerprint density at radius 2 is 1.50 bits per heavy atom. The van der Waals surface area contributed by atoms with Crippen LogP contribution >= 0.6 is 0 Å². The first kappa shape index (κ1) is 17.3. The molecule has 0 fully saturated rings. The summed E-state index contributed by atoms with van der Waals surface area (Å²) in [6.07, 6.45) is 3.32. The monoisotopic (exact) mass is 350 g/mol. The van der Waals surface area contributed by atoms with Crippen LogP contribution in [0, 0.1) is 0 Å². The first-order valence-corrected chi connectivity index (χ1v) is 7.91. The van der Waals surface area contributed by atoms with Gasteiger partial charge in [0.05, 0.1) is 14.2 Å². The average Bonchev–Trinajstić information content (AvgIpc) is 2.69. The van der Waals surface area contributed by atoms with E-state index in [1.165, 1.54) is 7.11 Å². The number of pyridine rings is 1. The molecule has 0 aliphatic carbocycles. The zero-order valence-electron chi connectivity index (χ0n) is 14.4. The number of hydrogen-bond acceptors (Lipinski definition) is 5. The van der Waals surface area contributed by atoms with Crippen molar-refractivity contribution >= 4 is 11.6 Å². The number of amides is 1. The summed E-state index contributed by atoms with van der Waals surface area (Å²) in [6.45, 7) is 0. The number of methoxy groups -OCH3 is 2. The molecule has 132 valence electrons. The van der Waals surface area contributed by atoms with Crippen molar-refractivity contribution in [2.45, 2.75) is 0 Å². The third-order valence-electron chi connectivity index (χ3n) is 3.64. The zero-order chi connectivity index (χ0) is 18.4. The molecule has 3 rings (SSSR count). The molecule has 1 amide bonds. The van der Waals surface area contributed by atoms with Gasteiger partial charge in [0, 0.05) is 23.6 Å². The number of rotatable bonds is 6. The van der Waals surface area contributed by atoms with Gasteiger partial charge in [0.15, 0.2) is 11.5 Å². The summed E-state index contributed by atoms with van der Waals surface area (Å²) < 4.78 is 16.1. The van der Waals surface area contributed by atoms with Crippen LogP contribution in [-0.2, 0) is 0 Å². The van der Waals surface area contributed by atoms with E-state index in [0.717, 1.165) is 0 Å². The van der Waals surface area contributed by atoms with Gasteiger partial charge in [-0.1, -0.05) is 0 Å². The second-order valence-electron chi connectivity index (χ2n) is 5.33. The molecule has 6 nitrogen and oxygen atoms in total. The molecule has 0 aliphatic heterocycles. The summed E-state index contributed by atoms with van der Waals surface area (Å²) in [5.74, 6) is 2.19. The topological polar surface area (TPSA) is 69.7 Å². The Morgan fingerprint density at radius 1 is 0.846 bits per heavy atom. The van der Waals surface area contributed by atoms with Gasteiger partial charge in [0.1, 0.15) is 11.5 Å². The first-order chi connectivity index (χ1) is 12.7. The maximum atomic E-state index is 12.4. The van der Waals surface area contributed by atoms with Crippen LogP contribution in [0.4, 0.5) is 5.69 Å². The maximum absolute atomic E-state index is 12.4. The van der Waals surface area contributed by atoms with Gasteiger partial charge >= 0.3 is 0 Å². The van der Waals surface area contributed by atoms with E-state index < -0.39 is 0 Å². The fraction of sp³-hybridized carbons (Fsp3) is 0.100. The molecular weight excluding hydrogens is 332 g/mol. The van der Waals surface area contributed by atoms with Crippen LogP contribution < -0.4 is 19.5 Å². The molecule has 0 aliphatic rings. The Bertz CT molecular complexity index is 880. The summed E-state index contributed by atoms with van der Waals surface area (Å²) >= 11 is 0. The lowest BCUT2D eigenvalue weighted by atomic mass is 10.2. The lowest BCUT2D eigenvalue weighted by Gasteiger charge is -2.10. The number of anilines is 1. The highest BCUT2D eigenvalue weighted by molar-refractivity contribution is 6.04. The molecule has 0 spiro atoms. The molecule has 2 aromatic carbocycles. The van der Waals surface area contributed by atoms with Crippen LogP contribution in [0.1, 0.15) is 10.4 Å². The molecule has 1 heterocycles. The number of ether oxygens (including phenoxy) is 3. The summed E-state index contributed by atoms with van der Waals surface area (Å²) in [4.78, 5) is 16.4. The molecule has 0 bridgehead atoms. The first-order valence-electron chi connectivity index (χ1n) is 7.91. The van der Waals surface area contributed by atoms with Crippen LogP contribution in [0.15, 0.2) is 67.0 Å². The van der Waals surface area contributed by atoms with Gasteiger partial charge < -0.3 is 19.5 Å². The number of carbonyl (C=O) groups is 1. The second kappa shape index (κ2) is 8.02. The van der Waals surface area contributed by atoms with Gasteiger partial charge in [-0.15, -0.1) is 0 Å². The number of carbonyl (C=O) groups excluding carboxylic acids is 1. The van der Waals surface area contributed by atoms with Gasteiger partial charge in [0.2, 0.25) is 0 Å². The summed E-state index contributed by atoms with van der Waals surface area (Å²) in [5.41, 5.74) is 1.13. The molecule has 0 radical (unpaired) electrons. The van der Waals surface area contributed by atoms with Crippen LogP contribution in [0.5, 0.6) is 23.0 Å². The summed E-state index contributed by atoms with van der Waals surface area (Å²) in [6, 6.07) is 15.7. The van der Waals surface area contributed by atoms with Crippen molar-refractivity contribution in [1.29, 1.82) is 0 Å². The Hall–Kier alpha value is -3.54. The van der Waals surface area contributed by atoms with Crippen molar-refractivity contribution < 1.29 is 19.0 Å². The third kappa shape index (κ3) is 4.10. The van der Waals surface area contributed by atoms with Gasteiger partial charge in [-0.3, -0.25) is 9.78 Å². The van der Waals surface area contributed by atoms with Crippen molar-refractivity contribution in [3.8, 4) is 23.0 Å². The van der Waals surface area contributed by atoms with E-state index in [-0.39, 0.29) is 5.91 Å². The maximum Gasteiger partial charge on any atom is 0.255 e. The lowest BCUT2D eigenvalue weighted by molar-refractivity contribution is 0.102. The number of nitrogens with zero attached hydrogens (tertiary/aromatic N) is 1. The fourth-order valence-electron chi connectivity index (χ4n) is 2.33. The number of hydrogen-bond donors (Lipinski definition) is 1. The van der Waals surface area contributed by atoms with E-state index in [0.29, 0.717) is 34.2 Å². The highest BCUT2D eigenvalue weighted by Gasteiger charge is 2.11. The standard InChI is InChI=1S/C20H18N2O4/c1-24-18-8-3-14(13-19(18)25-2)20(23)22-15-4-6-16(7-5-15)26-17-9-11-21-12-10-17/h3-13H,1-2H3,(H,22,23). The highest BCUT2D eigenvalue weighted by Crippen LogP contribution is 2.28. The molecule has 0 unspecified atom stereocenters. The molecule has 0 atom stereocenters. The van der Waals surface area contributed by atoms with E-state index in [4.69, 9.17) is 14.2 Å². The smallest absolute Gasteiger partial charge is 0.255 e. The van der Waals surface area contributed by atoms with Crippen molar-refractivity contribution in [2.24, 2.45) is 0 Å². The predicted octanol–water partition coefficient (Wildman–Crippen LogP) is 4.14. The minimum atomic E-state index is -0.242. The number of nitrogens with one attached hydrogen (secondary N) is 1. The van der Waals surface area contributed by atoms with Crippen molar-refractivity contribution in [3.05, 3.63) is 72.6 Å². The van der Waals surface area contributed by atoms with E-state index in [9.17, 15) is 4.79 Å². The van der Waals surface area contributed by atoms with Crippen molar-refractivity contribution in [1.82, 2.24) is 4.98 Å². The summed E-state index contributed by atoms with van der Waals surface area (Å²) in [5, 5.41) is 2.84. The van der Waals surface area contributed by atoms with Gasteiger partial charge in [-0.05, 0) is 54.6 Å². The minimum Gasteiger partial charge on any atom is -0.493 e. The highest BCUT2D eigenvalue weighted by atomic mass is 16.5. The molecule has 0 saturated heterocycles. The average molecular weight is 350 g/mol. The van der Waals surface area contributed by atoms with Crippen LogP contribution in [0.25, 0.3) is 0 Å². The summed E-state index contributed by atoms with van der Waals surface area (Å²) in [7, 11) is 3.08. The third-order valence-corrected chi connectivity index (χ3v) is 3.64. The molecule has 26 heavy (non-hydrogen) atoms. The van der Waals surface area contributed by atoms with Crippen molar-refractivity contribution in [3.63, 3.8) is 0 Å². The van der Waals surface area contributed by atoms with Gasteiger partial charge in [-0.25, -0.2) is 0 Å². The van der Waals surface area contributed by atoms with E-state index in [1.807, 2.05) is 0 Å². The predicted molar refractivity (Wildman–Crippen MR) is 98.3 cm³/mol. The zero-order valence-corrected chi connectivity index (χ0v) is 14.4. The lowest BCUT2D eigenvalue weighted by Crippen LogP contribution is -2.12. The molecule has 3 aromatic rings. The van der Waals surface area contributed by atoms with Crippen molar-refractivity contribution in [2.75, 3.05) is 19.5 Å². The Morgan fingerprint density at radius 3 is 2.15 bits per heavy atom. The van der Waals surface area contributed by atoms with E-state index >= 15 is 0 Å². The van der Waals surface area contributed by atoms with Crippen LogP contribution in [0.3, 0.4) is 0 Å². The molecule has 1 N–H and O–H groups in total. The second-order valence-corrected chi connectivity index (χ2v) is 5.33. The molecule has 6 heteroatoms. The fourth-order valence-corrected chi connectivity index (χ4v) is 2.33. The Kier molecular flexibility index (Phi) is 5.34. The van der Waals surface area contributed by atoms with E-state index in [2.05, 4.69) is 10.3 Å². The molecule has 1 aromatic heterocycles. The normalized spacial score (nSPS) is 10.1. The SMILES string of the molecule is COc1ccc(C(=O)Nc2ccc(Oc3ccncc3)cc2)cc1OC. The van der Waals surface area contributed by atoms with Crippen LogP contribution in [-0.4, -0.2) is 25.1 Å². The largest absolute Gasteiger partial charge is 0.493 e. The van der Waals surface area contributed by atoms with Gasteiger partial charge in [0.25, 0.3) is 5.91 Å². The van der Waals surface area contributed by atoms with Gasteiger partial charge in [-0.2, -0.15) is 0 Å². The molecular formula is C20H18N2O4. The Balaban J connectivity index is 1.68. The quantitative estimate of drug-likeness (QED) is 0.723. The Labute approximate surface area is 151 Å². The number of benzene rings is 2. The number of aromatic nitrogens is 1. The van der Waals surface area contributed by atoms with Crippen LogP contribution in [0.2, 0.25) is 0 Å². The minimum absolute atomic E-state index is 0.242. The van der Waals surface area contributed by atoms with E-state index in [1.54, 1.807) is 74.1 Å². The molecule has 0 saturated carbocycles.